The van der Waals surface area contributed by atoms with Crippen LogP contribution in [0.3, 0.4) is 0 Å². The van der Waals surface area contributed by atoms with Crippen LogP contribution in [0.2, 0.25) is 10.0 Å². The smallest absolute Gasteiger partial charge is 0.298 e. The van der Waals surface area contributed by atoms with Gasteiger partial charge in [0, 0.05) is 0 Å². The summed E-state index contributed by atoms with van der Waals surface area (Å²) < 4.78 is 4.52. The van der Waals surface area contributed by atoms with Crippen LogP contribution >= 0.6 is 23.2 Å². The molecule has 0 unspecified atom stereocenters. The SMILES string of the molecule is O=COc1cccc(Cl)c1Cl. The molecule has 0 saturated carbocycles. The highest BCUT2D eigenvalue weighted by atomic mass is 35.5. The number of halogens is 2. The van der Waals surface area contributed by atoms with Crippen molar-refractivity contribution in [3.8, 4) is 5.75 Å². The van der Waals surface area contributed by atoms with E-state index in [0.29, 0.717) is 11.5 Å². The van der Waals surface area contributed by atoms with Gasteiger partial charge in [-0.2, -0.15) is 0 Å². The van der Waals surface area contributed by atoms with Gasteiger partial charge in [-0.25, -0.2) is 0 Å². The number of carbonyl (C=O) groups is 1. The third kappa shape index (κ3) is 1.85. The van der Waals surface area contributed by atoms with Crippen molar-refractivity contribution in [2.45, 2.75) is 0 Å². The van der Waals surface area contributed by atoms with Gasteiger partial charge in [0.05, 0.1) is 5.02 Å². The molecule has 0 saturated heterocycles. The van der Waals surface area contributed by atoms with Crippen LogP contribution in [0.25, 0.3) is 0 Å². The molecule has 0 aliphatic heterocycles. The summed E-state index contributed by atoms with van der Waals surface area (Å²) in [7, 11) is 0. The molecule has 58 valence electrons. The van der Waals surface area contributed by atoms with Gasteiger partial charge in [0.1, 0.15) is 5.02 Å². The molecule has 0 N–H and O–H groups in total. The zero-order valence-electron chi connectivity index (χ0n) is 5.38. The Morgan fingerprint density at radius 3 is 2.73 bits per heavy atom. The summed E-state index contributed by atoms with van der Waals surface area (Å²) in [5.74, 6) is 0.272. The largest absolute Gasteiger partial charge is 0.427 e. The minimum absolute atomic E-state index is 0.251. The first-order valence-electron chi connectivity index (χ1n) is 2.80. The molecule has 0 amide bonds. The first-order chi connectivity index (χ1) is 5.25. The van der Waals surface area contributed by atoms with Gasteiger partial charge in [0.15, 0.2) is 5.75 Å². The second-order valence-corrected chi connectivity index (χ2v) is 2.55. The lowest BCUT2D eigenvalue weighted by Crippen LogP contribution is -1.88. The van der Waals surface area contributed by atoms with E-state index >= 15 is 0 Å². The summed E-state index contributed by atoms with van der Waals surface area (Å²) in [6.45, 7) is 0.303. The van der Waals surface area contributed by atoms with Gasteiger partial charge < -0.3 is 4.74 Å². The molecule has 0 aliphatic carbocycles. The lowest BCUT2D eigenvalue weighted by molar-refractivity contribution is -0.120. The summed E-state index contributed by atoms with van der Waals surface area (Å²) in [6, 6.07) is 4.82. The van der Waals surface area contributed by atoms with E-state index in [1.54, 1.807) is 18.2 Å². The van der Waals surface area contributed by atoms with Crippen LogP contribution in [0, 0.1) is 0 Å². The Kier molecular flexibility index (Phi) is 2.74. The first kappa shape index (κ1) is 8.37. The van der Waals surface area contributed by atoms with Crippen molar-refractivity contribution < 1.29 is 9.53 Å². The molecule has 2 nitrogen and oxygen atoms in total. The zero-order valence-corrected chi connectivity index (χ0v) is 6.89. The molecular weight excluding hydrogens is 187 g/mol. The zero-order chi connectivity index (χ0) is 8.27. The number of hydrogen-bond acceptors (Lipinski definition) is 2. The second kappa shape index (κ2) is 3.60. The van der Waals surface area contributed by atoms with Gasteiger partial charge in [-0.05, 0) is 12.1 Å². The summed E-state index contributed by atoms with van der Waals surface area (Å²) in [5, 5.41) is 0.618. The van der Waals surface area contributed by atoms with Crippen LogP contribution in [-0.2, 0) is 4.79 Å². The average Bonchev–Trinajstić information content (AvgIpc) is 1.99. The number of benzene rings is 1. The number of carbonyl (C=O) groups excluding carboxylic acids is 1. The van der Waals surface area contributed by atoms with Crippen molar-refractivity contribution in [3.63, 3.8) is 0 Å². The molecule has 1 aromatic carbocycles. The maximum atomic E-state index is 9.91. The number of rotatable bonds is 2. The Hall–Kier alpha value is -0.730. The van der Waals surface area contributed by atoms with E-state index in [-0.39, 0.29) is 10.8 Å². The third-order valence-corrected chi connectivity index (χ3v) is 1.89. The quantitative estimate of drug-likeness (QED) is 0.671. The average molecular weight is 191 g/mol. The van der Waals surface area contributed by atoms with Crippen molar-refractivity contribution >= 4 is 29.7 Å². The fourth-order valence-corrected chi connectivity index (χ4v) is 0.963. The van der Waals surface area contributed by atoms with Crippen LogP contribution in [0.1, 0.15) is 0 Å². The lowest BCUT2D eigenvalue weighted by atomic mass is 10.3. The Morgan fingerprint density at radius 1 is 1.36 bits per heavy atom. The number of hydrogen-bond donors (Lipinski definition) is 0. The third-order valence-electron chi connectivity index (χ3n) is 1.09. The summed E-state index contributed by atoms with van der Waals surface area (Å²) in [4.78, 5) is 9.91. The van der Waals surface area contributed by atoms with Crippen LogP contribution in [0.5, 0.6) is 5.75 Å². The van der Waals surface area contributed by atoms with Gasteiger partial charge in [-0.1, -0.05) is 29.3 Å². The Morgan fingerprint density at radius 2 is 2.09 bits per heavy atom. The molecule has 0 heterocycles. The van der Waals surface area contributed by atoms with Crippen LogP contribution in [0.4, 0.5) is 0 Å². The highest BCUT2D eigenvalue weighted by Crippen LogP contribution is 2.30. The molecule has 0 bridgehead atoms. The molecular formula is C7H4Cl2O2. The van der Waals surface area contributed by atoms with E-state index in [1.807, 2.05) is 0 Å². The van der Waals surface area contributed by atoms with E-state index in [9.17, 15) is 4.79 Å². The minimum Gasteiger partial charge on any atom is -0.427 e. The minimum atomic E-state index is 0.251. The normalized spacial score (nSPS) is 9.27. The van der Waals surface area contributed by atoms with Crippen LogP contribution in [-0.4, -0.2) is 6.47 Å². The maximum Gasteiger partial charge on any atom is 0.298 e. The van der Waals surface area contributed by atoms with Gasteiger partial charge in [0.2, 0.25) is 0 Å². The van der Waals surface area contributed by atoms with Gasteiger partial charge in [-0.15, -0.1) is 0 Å². The first-order valence-corrected chi connectivity index (χ1v) is 3.55. The van der Waals surface area contributed by atoms with Crippen LogP contribution < -0.4 is 4.74 Å². The Balaban J connectivity index is 3.05. The van der Waals surface area contributed by atoms with Gasteiger partial charge in [0.25, 0.3) is 6.47 Å². The Labute approximate surface area is 73.7 Å². The number of ether oxygens (including phenoxy) is 1. The molecule has 0 aromatic heterocycles. The van der Waals surface area contributed by atoms with Crippen molar-refractivity contribution in [2.75, 3.05) is 0 Å². The van der Waals surface area contributed by atoms with Gasteiger partial charge >= 0.3 is 0 Å². The van der Waals surface area contributed by atoms with Crippen molar-refractivity contribution in [1.82, 2.24) is 0 Å². The van der Waals surface area contributed by atoms with E-state index in [4.69, 9.17) is 23.2 Å². The summed E-state index contributed by atoms with van der Waals surface area (Å²) in [5.41, 5.74) is 0. The molecule has 4 heteroatoms. The Bertz CT molecular complexity index is 273. The van der Waals surface area contributed by atoms with Crippen molar-refractivity contribution in [2.24, 2.45) is 0 Å². The highest BCUT2D eigenvalue weighted by Gasteiger charge is 2.03. The molecule has 1 rings (SSSR count). The molecule has 0 aliphatic rings. The van der Waals surface area contributed by atoms with E-state index in [1.165, 1.54) is 0 Å². The van der Waals surface area contributed by atoms with E-state index in [2.05, 4.69) is 4.74 Å². The van der Waals surface area contributed by atoms with E-state index in [0.717, 1.165) is 0 Å². The molecule has 11 heavy (non-hydrogen) atoms. The highest BCUT2D eigenvalue weighted by molar-refractivity contribution is 6.42. The van der Waals surface area contributed by atoms with Gasteiger partial charge in [-0.3, -0.25) is 4.79 Å². The summed E-state index contributed by atoms with van der Waals surface area (Å²) >= 11 is 11.3. The molecule has 0 fully saturated rings. The summed E-state index contributed by atoms with van der Waals surface area (Å²) in [6.07, 6.45) is 0. The van der Waals surface area contributed by atoms with Crippen molar-refractivity contribution in [3.05, 3.63) is 28.2 Å². The predicted molar refractivity (Wildman–Crippen MR) is 43.2 cm³/mol. The maximum absolute atomic E-state index is 9.91. The van der Waals surface area contributed by atoms with Crippen molar-refractivity contribution in [1.29, 1.82) is 0 Å². The predicted octanol–water partition coefficient (Wildman–Crippen LogP) is 2.53. The lowest BCUT2D eigenvalue weighted by Gasteiger charge is -2.00. The molecule has 0 radical (unpaired) electrons. The monoisotopic (exact) mass is 190 g/mol. The topological polar surface area (TPSA) is 26.3 Å². The van der Waals surface area contributed by atoms with Crippen LogP contribution in [0.15, 0.2) is 18.2 Å². The molecule has 0 atom stereocenters. The molecule has 0 spiro atoms. The fourth-order valence-electron chi connectivity index (χ4n) is 0.627. The van der Waals surface area contributed by atoms with E-state index < -0.39 is 0 Å². The fraction of sp³-hybridized carbons (Fsp3) is 0. The molecule has 1 aromatic rings. The standard InChI is InChI=1S/C7H4Cl2O2/c8-5-2-1-3-6(7(5)9)11-4-10/h1-4H. The second-order valence-electron chi connectivity index (χ2n) is 1.77.